The molecule has 1 aliphatic heterocycles. The van der Waals surface area contributed by atoms with Crippen molar-refractivity contribution in [3.63, 3.8) is 0 Å². The molecule has 0 spiro atoms. The maximum Gasteiger partial charge on any atom is 0.328 e. The molecule has 23 heavy (non-hydrogen) atoms. The molecule has 0 aliphatic carbocycles. The molecule has 4 amide bonds. The molecule has 1 saturated heterocycles. The Hall–Kier alpha value is -1.47. The van der Waals surface area contributed by atoms with Gasteiger partial charge >= 0.3 is 6.03 Å². The molecule has 1 heterocycles. The summed E-state index contributed by atoms with van der Waals surface area (Å²) in [7, 11) is -0.867. The predicted molar refractivity (Wildman–Crippen MR) is 89.9 cm³/mol. The summed E-state index contributed by atoms with van der Waals surface area (Å²) in [6.45, 7) is 12.2. The normalized spacial score (nSPS) is 20.0. The summed E-state index contributed by atoms with van der Waals surface area (Å²) < 4.78 is 5.71. The third-order valence-electron chi connectivity index (χ3n) is 4.33. The molecule has 7 heteroatoms. The molecule has 1 rings (SSSR count). The van der Waals surface area contributed by atoms with E-state index in [2.05, 4.69) is 17.2 Å². The van der Waals surface area contributed by atoms with Crippen molar-refractivity contribution >= 4 is 26.9 Å². The molecule has 0 aromatic rings. The Balaban J connectivity index is 3.08. The first-order valence-corrected chi connectivity index (χ1v) is 10.4. The molecule has 2 unspecified atom stereocenters. The molecule has 0 aromatic carbocycles. The third-order valence-corrected chi connectivity index (χ3v) is 5.08. The second kappa shape index (κ2) is 8.40. The first-order valence-electron chi connectivity index (χ1n) is 8.00. The van der Waals surface area contributed by atoms with E-state index in [0.717, 1.165) is 12.8 Å². The number of imide groups is 2. The monoisotopic (exact) mass is 339 g/mol. The maximum atomic E-state index is 12.6. The molecule has 1 fully saturated rings. The minimum atomic E-state index is -1.26. The summed E-state index contributed by atoms with van der Waals surface area (Å²) in [5.74, 6) is -1.34. The Morgan fingerprint density at radius 1 is 1.26 bits per heavy atom. The quantitative estimate of drug-likeness (QED) is 0.383. The first kappa shape index (κ1) is 19.6. The average molecular weight is 339 g/mol. The summed E-state index contributed by atoms with van der Waals surface area (Å²) >= 11 is 0. The topological polar surface area (TPSA) is 84.5 Å². The van der Waals surface area contributed by atoms with Gasteiger partial charge in [0.15, 0.2) is 0 Å². The molecule has 1 radical (unpaired) electrons. The summed E-state index contributed by atoms with van der Waals surface area (Å²) in [5.41, 5.74) is -1.26. The highest BCUT2D eigenvalue weighted by Crippen LogP contribution is 2.40. The summed E-state index contributed by atoms with van der Waals surface area (Å²) in [6, 6.07) is -0.752. The van der Waals surface area contributed by atoms with Crippen LogP contribution < -0.4 is 10.6 Å². The molecule has 0 aromatic heterocycles. The minimum Gasteiger partial charge on any atom is -0.417 e. The molecule has 1 aliphatic rings. The van der Waals surface area contributed by atoms with Crippen LogP contribution in [-0.4, -0.2) is 33.5 Å². The zero-order chi connectivity index (χ0) is 17.6. The van der Waals surface area contributed by atoms with Gasteiger partial charge in [0.25, 0.3) is 0 Å². The van der Waals surface area contributed by atoms with E-state index in [4.69, 9.17) is 4.43 Å². The van der Waals surface area contributed by atoms with Crippen molar-refractivity contribution in [2.45, 2.75) is 46.2 Å². The van der Waals surface area contributed by atoms with Gasteiger partial charge in [-0.1, -0.05) is 26.3 Å². The van der Waals surface area contributed by atoms with Crippen molar-refractivity contribution in [2.75, 3.05) is 6.61 Å². The predicted octanol–water partition coefficient (Wildman–Crippen LogP) is 2.23. The van der Waals surface area contributed by atoms with Crippen LogP contribution in [0.5, 0.6) is 0 Å². The van der Waals surface area contributed by atoms with Crippen LogP contribution in [0.1, 0.15) is 33.1 Å². The van der Waals surface area contributed by atoms with Crippen LogP contribution in [0.15, 0.2) is 12.7 Å². The van der Waals surface area contributed by atoms with E-state index < -0.39 is 32.3 Å². The van der Waals surface area contributed by atoms with Crippen LogP contribution in [0.2, 0.25) is 13.1 Å². The van der Waals surface area contributed by atoms with E-state index >= 15 is 0 Å². The van der Waals surface area contributed by atoms with Crippen molar-refractivity contribution in [1.82, 2.24) is 10.6 Å². The molecule has 2 N–H and O–H groups in total. The Bertz CT molecular complexity index is 459. The summed E-state index contributed by atoms with van der Waals surface area (Å²) in [6.07, 6.45) is 3.58. The summed E-state index contributed by atoms with van der Waals surface area (Å²) in [5, 5.41) is 4.51. The summed E-state index contributed by atoms with van der Waals surface area (Å²) in [4.78, 5) is 36.6. The van der Waals surface area contributed by atoms with Gasteiger partial charge in [-0.25, -0.2) is 4.79 Å². The van der Waals surface area contributed by atoms with E-state index in [1.165, 1.54) is 0 Å². The second-order valence-electron chi connectivity index (χ2n) is 6.32. The van der Waals surface area contributed by atoms with Gasteiger partial charge in [-0.05, 0) is 31.9 Å². The standard InChI is InChI=1S/C16H27N2O4Si/c1-6-8-11(3)16(9-12(7-2)10-22-23(4)5)13(19)17-15(21)18-14(16)20/h7,11-12H,2,6,8-10H2,1,3-5H3,(H2,17,18,19,20,21). The molecule has 2 atom stereocenters. The molecule has 6 nitrogen and oxygen atoms in total. The van der Waals surface area contributed by atoms with E-state index in [0.29, 0.717) is 6.61 Å². The number of hydrogen-bond donors (Lipinski definition) is 2. The van der Waals surface area contributed by atoms with Crippen LogP contribution in [0.4, 0.5) is 4.79 Å². The molecular weight excluding hydrogens is 312 g/mol. The van der Waals surface area contributed by atoms with Crippen LogP contribution in [-0.2, 0) is 14.0 Å². The number of urea groups is 1. The van der Waals surface area contributed by atoms with Crippen LogP contribution in [0, 0.1) is 17.3 Å². The van der Waals surface area contributed by atoms with E-state index in [-0.39, 0.29) is 18.3 Å². The van der Waals surface area contributed by atoms with Crippen molar-refractivity contribution in [2.24, 2.45) is 17.3 Å². The number of carbonyl (C=O) groups excluding carboxylic acids is 3. The van der Waals surface area contributed by atoms with Crippen molar-refractivity contribution in [3.8, 4) is 0 Å². The van der Waals surface area contributed by atoms with Gasteiger partial charge in [-0.2, -0.15) is 0 Å². The number of barbiturate groups is 1. The molecule has 0 saturated carbocycles. The Labute approximate surface area is 139 Å². The molecule has 129 valence electrons. The zero-order valence-electron chi connectivity index (χ0n) is 14.4. The fourth-order valence-electron chi connectivity index (χ4n) is 2.97. The maximum absolute atomic E-state index is 12.6. The zero-order valence-corrected chi connectivity index (χ0v) is 15.4. The highest BCUT2D eigenvalue weighted by molar-refractivity contribution is 6.48. The van der Waals surface area contributed by atoms with Crippen molar-refractivity contribution < 1.29 is 18.8 Å². The lowest BCUT2D eigenvalue weighted by atomic mass is 9.67. The highest BCUT2D eigenvalue weighted by Gasteiger charge is 2.54. The Morgan fingerprint density at radius 3 is 2.26 bits per heavy atom. The van der Waals surface area contributed by atoms with Crippen molar-refractivity contribution in [1.29, 1.82) is 0 Å². The largest absolute Gasteiger partial charge is 0.417 e. The van der Waals surface area contributed by atoms with E-state index in [1.807, 2.05) is 26.9 Å². The minimum absolute atomic E-state index is 0.126. The lowest BCUT2D eigenvalue weighted by molar-refractivity contribution is -0.149. The average Bonchev–Trinajstić information content (AvgIpc) is 2.46. The Kier molecular flexibility index (Phi) is 7.15. The van der Waals surface area contributed by atoms with Gasteiger partial charge in [0, 0.05) is 12.5 Å². The lowest BCUT2D eigenvalue weighted by Gasteiger charge is -2.40. The van der Waals surface area contributed by atoms with Gasteiger partial charge in [-0.15, -0.1) is 6.58 Å². The van der Waals surface area contributed by atoms with Crippen LogP contribution in [0.25, 0.3) is 0 Å². The molecular formula is C16H27N2O4Si. The highest BCUT2D eigenvalue weighted by atomic mass is 28.3. The Morgan fingerprint density at radius 2 is 1.83 bits per heavy atom. The third kappa shape index (κ3) is 4.51. The van der Waals surface area contributed by atoms with Gasteiger partial charge in [0.2, 0.25) is 20.9 Å². The number of nitrogens with one attached hydrogen (secondary N) is 2. The number of rotatable bonds is 9. The second-order valence-corrected chi connectivity index (χ2v) is 8.42. The van der Waals surface area contributed by atoms with Gasteiger partial charge < -0.3 is 4.43 Å². The smallest absolute Gasteiger partial charge is 0.328 e. The van der Waals surface area contributed by atoms with E-state index in [9.17, 15) is 14.4 Å². The number of amides is 4. The van der Waals surface area contributed by atoms with Crippen molar-refractivity contribution in [3.05, 3.63) is 12.7 Å². The lowest BCUT2D eigenvalue weighted by Crippen LogP contribution is -2.65. The fourth-order valence-corrected chi connectivity index (χ4v) is 3.52. The van der Waals surface area contributed by atoms with Gasteiger partial charge in [0.05, 0.1) is 0 Å². The van der Waals surface area contributed by atoms with Crippen LogP contribution in [0.3, 0.4) is 0 Å². The first-order chi connectivity index (χ1) is 10.8. The molecule has 0 bridgehead atoms. The number of hydrogen-bond acceptors (Lipinski definition) is 4. The van der Waals surface area contributed by atoms with Gasteiger partial charge in [0.1, 0.15) is 5.41 Å². The van der Waals surface area contributed by atoms with Crippen LogP contribution >= 0.6 is 0 Å². The van der Waals surface area contributed by atoms with E-state index in [1.54, 1.807) is 6.08 Å². The number of carbonyl (C=O) groups is 3. The van der Waals surface area contributed by atoms with Gasteiger partial charge in [-0.3, -0.25) is 20.2 Å². The fraction of sp³-hybridized carbons (Fsp3) is 0.688. The SMILES string of the molecule is C=CC(CO[Si](C)C)CC1(C(C)CCC)C(=O)NC(=O)NC1=O.